The smallest absolute Gasteiger partial charge is 0.416 e. The van der Waals surface area contributed by atoms with Crippen LogP contribution in [0.15, 0.2) is 115 Å². The molecule has 2 N–H and O–H groups in total. The van der Waals surface area contributed by atoms with Crippen LogP contribution in [0, 0.1) is 0 Å². The molecule has 5 aliphatic heterocycles. The normalized spacial score (nSPS) is 22.4. The molecule has 128 heavy (non-hydrogen) atoms. The highest BCUT2D eigenvalue weighted by Crippen LogP contribution is 2.46. The van der Waals surface area contributed by atoms with Crippen molar-refractivity contribution in [1.29, 1.82) is 0 Å². The minimum Gasteiger partial charge on any atom is -0.463 e. The van der Waals surface area contributed by atoms with Gasteiger partial charge in [0.15, 0.2) is 36.6 Å². The zero-order chi connectivity index (χ0) is 92.7. The largest absolute Gasteiger partial charge is 0.463 e. The Morgan fingerprint density at radius 2 is 0.531 bits per heavy atom. The molecule has 0 radical (unpaired) electrons. The second kappa shape index (κ2) is 39.3. The van der Waals surface area contributed by atoms with E-state index >= 15 is 26.3 Å². The number of benzene rings is 4. The number of hydrogen-bond acceptors (Lipinski definition) is 32. The van der Waals surface area contributed by atoms with Crippen LogP contribution in [0.2, 0.25) is 0 Å². The molecule has 7 aromatic rings. The quantitative estimate of drug-likeness (QED) is 0.0305. The van der Waals surface area contributed by atoms with Gasteiger partial charge in [-0.25, -0.2) is 9.97 Å². The molecule has 8 heterocycles. The van der Waals surface area contributed by atoms with Crippen LogP contribution >= 0.6 is 0 Å². The lowest BCUT2D eigenvalue weighted by Crippen LogP contribution is -2.63. The summed E-state index contributed by atoms with van der Waals surface area (Å²) < 4.78 is 197. The summed E-state index contributed by atoms with van der Waals surface area (Å²) in [5.74, 6) is -11.3. The lowest BCUT2D eigenvalue weighted by Gasteiger charge is -2.43. The first-order valence-electron chi connectivity index (χ1n) is 39.2. The Morgan fingerprint density at radius 3 is 0.766 bits per heavy atom. The fraction of sp³-hybridized carbons (Fsp3) is 0.364. The number of ether oxygens (including phenoxy) is 18. The summed E-state index contributed by atoms with van der Waals surface area (Å²) in [6.45, 7) is 10.5. The molecule has 0 spiro atoms. The van der Waals surface area contributed by atoms with Crippen molar-refractivity contribution in [3.63, 3.8) is 0 Å². The van der Waals surface area contributed by atoms with Crippen molar-refractivity contribution in [1.82, 2.24) is 19.9 Å². The average Bonchev–Trinajstić information content (AvgIpc) is 1.64. The first-order chi connectivity index (χ1) is 60.5. The van der Waals surface area contributed by atoms with Gasteiger partial charge in [0.1, 0.15) is 55.4 Å². The van der Waals surface area contributed by atoms with E-state index in [0.29, 0.717) is 12.1 Å². The van der Waals surface area contributed by atoms with E-state index in [9.17, 15) is 57.5 Å². The molecular formula is C88H82F6N4O30. The third-order valence-corrected chi connectivity index (χ3v) is 19.6. The van der Waals surface area contributed by atoms with Crippen LogP contribution in [0.25, 0.3) is 90.9 Å². The van der Waals surface area contributed by atoms with E-state index in [1.165, 1.54) is 78.9 Å². The molecule has 3 aromatic heterocycles. The molecule has 0 aliphatic carbocycles. The highest BCUT2D eigenvalue weighted by Gasteiger charge is 2.57. The van der Waals surface area contributed by atoms with Crippen LogP contribution in [0.1, 0.15) is 117 Å². The maximum absolute atomic E-state index is 15.3. The predicted molar refractivity (Wildman–Crippen MR) is 428 cm³/mol. The van der Waals surface area contributed by atoms with Gasteiger partial charge in [0.05, 0.1) is 33.9 Å². The summed E-state index contributed by atoms with van der Waals surface area (Å²) in [5.41, 5.74) is -3.40. The minimum absolute atomic E-state index is 0.0400. The standard InChI is InChI=1S/C88H82F6N4O30/c1-39(99)111-36-68-75(114-42(4)102)78(117-45(7)105)81(120-48(10)108)84(126-68)123-57-19-13-16-51(32-57)71-60-22-24-62(95-60)72(52-17-14-20-58(33-52)124-85-82(121-49(11)109)79(118-46(8)106)76(115-43(5)103)69(127-85)37-112-40(2)100)64-26-28-66(97-64)74(54-30-55(87(89,90)91)35-56(31-54)88(92,93)94)67-29-27-65(98-67)73(63-25-23-61(71)96-63)53-18-15-21-59(34-53)125-86-83(122-50(12)110)80(119-47(9)107)77(116-44(6)104)70(128-86)38-113-41(3)101/h13-35,68-70,75-86,95,98H,36-38H2,1-12H3/t68?,69?,70?,75-,76-,77-,78?,79?,80?,81+,82+,83+,84-,85-,86-/m1/s1. The number of H-pyrrole nitrogens is 2. The molecule has 34 nitrogen and oxygen atoms in total. The molecule has 15 atom stereocenters. The molecular weight excluding hydrogens is 1710 g/mol. The maximum Gasteiger partial charge on any atom is 0.416 e. The summed E-state index contributed by atoms with van der Waals surface area (Å²) in [7, 11) is 0. The number of carbonyl (C=O) groups excluding carboxylic acids is 12. The van der Waals surface area contributed by atoms with Crippen molar-refractivity contribution in [2.24, 2.45) is 0 Å². The van der Waals surface area contributed by atoms with Gasteiger partial charge < -0.3 is 95.2 Å². The molecule has 4 aromatic carbocycles. The second-order valence-corrected chi connectivity index (χ2v) is 29.4. The van der Waals surface area contributed by atoms with Crippen LogP contribution in [0.3, 0.4) is 0 Å². The lowest BCUT2D eigenvalue weighted by atomic mass is 9.98. The number of nitrogens with one attached hydrogen (secondary N) is 2. The van der Waals surface area contributed by atoms with Crippen molar-refractivity contribution in [2.75, 3.05) is 19.8 Å². The van der Waals surface area contributed by atoms with Crippen molar-refractivity contribution in [3.8, 4) is 61.8 Å². The van der Waals surface area contributed by atoms with Crippen LogP contribution in [-0.2, 0) is 141 Å². The summed E-state index contributed by atoms with van der Waals surface area (Å²) >= 11 is 0. The van der Waals surface area contributed by atoms with Gasteiger partial charge in [0.25, 0.3) is 0 Å². The highest BCUT2D eigenvalue weighted by atomic mass is 19.4. The Kier molecular flexibility index (Phi) is 28.6. The van der Waals surface area contributed by atoms with Crippen LogP contribution < -0.4 is 14.2 Å². The SMILES string of the molecule is CC(=O)OCC1O[C@@H](Oc2cccc(-c3c4nc(c(-c5cccc(O[C@@H]6OC(COC(C)=O)[C@@H](OC(C)=O)C(OC(C)=O)[C@@H]6OC(C)=O)c5)c5ccc([nH]5)c(-c5cc(C(F)(F)F)cc(C(F)(F)F)c5)c5nc(c(-c6cccc(O[C@@H]7OC(COC(C)=O)[C@@H](OC(C)=O)C(OC(C)=O)[C@@H]7OC(C)=O)c6)c6ccc3[nH]6)C=C5)C=C4)c2)[C@@H](OC(C)=O)C(OC(C)=O)[C@@H]1OC(C)=O. The molecule has 8 bridgehead atoms. The monoisotopic (exact) mass is 1790 g/mol. The summed E-state index contributed by atoms with van der Waals surface area (Å²) in [4.78, 5) is 170. The van der Waals surface area contributed by atoms with Gasteiger partial charge in [-0.1, -0.05) is 36.4 Å². The van der Waals surface area contributed by atoms with Crippen molar-refractivity contribution in [3.05, 3.63) is 149 Å². The van der Waals surface area contributed by atoms with E-state index in [-0.39, 0.29) is 107 Å². The number of esters is 12. The first kappa shape index (κ1) is 93.1. The minimum atomic E-state index is -5.40. The number of halogens is 6. The Morgan fingerprint density at radius 1 is 0.297 bits per heavy atom. The number of carbonyl (C=O) groups is 12. The fourth-order valence-electron chi connectivity index (χ4n) is 14.9. The number of alkyl halides is 6. The second-order valence-electron chi connectivity index (χ2n) is 29.4. The maximum atomic E-state index is 15.3. The number of rotatable bonds is 25. The Labute approximate surface area is 722 Å². The molecule has 676 valence electrons. The molecule has 6 unspecified atom stereocenters. The number of aromatic nitrogens is 4. The van der Waals surface area contributed by atoms with Gasteiger partial charge in [-0.15, -0.1) is 0 Å². The van der Waals surface area contributed by atoms with E-state index in [0.717, 1.165) is 83.1 Å². The topological polar surface area (TPSA) is 428 Å². The van der Waals surface area contributed by atoms with Crippen LogP contribution in [-0.4, -0.2) is 204 Å². The van der Waals surface area contributed by atoms with E-state index in [4.69, 9.17) is 95.2 Å². The Bertz CT molecular complexity index is 5590. The molecule has 5 aliphatic rings. The van der Waals surface area contributed by atoms with Gasteiger partial charge in [0.2, 0.25) is 37.2 Å². The van der Waals surface area contributed by atoms with Gasteiger partial charge in [0, 0.05) is 127 Å². The molecule has 40 heteroatoms. The summed E-state index contributed by atoms with van der Waals surface area (Å²) in [5, 5.41) is 0. The number of hydrogen-bond donors (Lipinski definition) is 2. The number of aromatic amines is 2. The molecule has 0 saturated carbocycles. The summed E-state index contributed by atoms with van der Waals surface area (Å²) in [6.07, 6.45) is -29.9. The molecule has 3 fully saturated rings. The van der Waals surface area contributed by atoms with Crippen molar-refractivity contribution in [2.45, 2.75) is 188 Å². The Hall–Kier alpha value is -14.0. The highest BCUT2D eigenvalue weighted by molar-refractivity contribution is 6.00. The molecule has 3 saturated heterocycles. The Balaban J connectivity index is 1.13. The first-order valence-corrected chi connectivity index (χ1v) is 39.2. The van der Waals surface area contributed by atoms with Crippen LogP contribution in [0.4, 0.5) is 26.3 Å². The van der Waals surface area contributed by atoms with Gasteiger partial charge in [-0.3, -0.25) is 57.5 Å². The zero-order valence-electron chi connectivity index (χ0n) is 70.0. The zero-order valence-corrected chi connectivity index (χ0v) is 70.0. The third kappa shape index (κ3) is 22.6. The van der Waals surface area contributed by atoms with Crippen molar-refractivity contribution >= 4 is 118 Å². The van der Waals surface area contributed by atoms with E-state index in [1.54, 1.807) is 42.5 Å². The molecule has 12 rings (SSSR count). The lowest BCUT2D eigenvalue weighted by molar-refractivity contribution is -0.288. The van der Waals surface area contributed by atoms with Crippen LogP contribution in [0.5, 0.6) is 17.2 Å². The predicted octanol–water partition coefficient (Wildman–Crippen LogP) is 11.7. The number of fused-ring (bicyclic) bond motifs is 8. The fourth-order valence-corrected chi connectivity index (χ4v) is 14.9. The van der Waals surface area contributed by atoms with Crippen molar-refractivity contribution < 1.29 is 169 Å². The number of nitrogens with zero attached hydrogens (tertiary/aromatic N) is 2. The van der Waals surface area contributed by atoms with Gasteiger partial charge in [-0.2, -0.15) is 26.3 Å². The van der Waals surface area contributed by atoms with E-state index in [2.05, 4.69) is 9.97 Å². The summed E-state index contributed by atoms with van der Waals surface area (Å²) in [6, 6.07) is 24.8. The van der Waals surface area contributed by atoms with E-state index in [1.807, 2.05) is 0 Å². The van der Waals surface area contributed by atoms with Gasteiger partial charge >= 0.3 is 84.0 Å². The molecule has 0 amide bonds. The van der Waals surface area contributed by atoms with Gasteiger partial charge in [-0.05, 0) is 125 Å². The third-order valence-electron chi connectivity index (χ3n) is 19.6. The average molecular weight is 1790 g/mol. The van der Waals surface area contributed by atoms with E-state index < -0.39 is 213 Å².